The van der Waals surface area contributed by atoms with Gasteiger partial charge in [-0.05, 0) is 19.8 Å². The molecule has 0 aromatic heterocycles. The molecule has 0 rings (SSSR count). The lowest BCUT2D eigenvalue weighted by atomic mass is 9.99. The molecular weight excluding hydrogens is 194 g/mol. The fraction of sp³-hybridized carbons (Fsp3) is 0.636. The molecule has 86 valence electrons. The summed E-state index contributed by atoms with van der Waals surface area (Å²) >= 11 is 0. The zero-order valence-corrected chi connectivity index (χ0v) is 9.70. The molecule has 0 saturated carbocycles. The van der Waals surface area contributed by atoms with Gasteiger partial charge >= 0.3 is 5.97 Å². The molecule has 4 heteroatoms. The summed E-state index contributed by atoms with van der Waals surface area (Å²) in [6.45, 7) is 7.28. The fourth-order valence-electron chi connectivity index (χ4n) is 1.14. The zero-order valence-electron chi connectivity index (χ0n) is 9.70. The predicted molar refractivity (Wildman–Crippen MR) is 58.5 cm³/mol. The van der Waals surface area contributed by atoms with Crippen LogP contribution in [0.4, 0.5) is 0 Å². The van der Waals surface area contributed by atoms with E-state index in [4.69, 9.17) is 5.11 Å². The monoisotopic (exact) mass is 213 g/mol. The number of rotatable bonds is 5. The molecule has 2 atom stereocenters. The largest absolute Gasteiger partial charge is 0.480 e. The Morgan fingerprint density at radius 2 is 1.93 bits per heavy atom. The molecule has 2 N–H and O–H groups in total. The topological polar surface area (TPSA) is 66.4 Å². The van der Waals surface area contributed by atoms with Crippen LogP contribution in [0, 0.1) is 5.92 Å². The van der Waals surface area contributed by atoms with Gasteiger partial charge in [-0.25, -0.2) is 4.79 Å². The van der Waals surface area contributed by atoms with Gasteiger partial charge < -0.3 is 10.4 Å². The van der Waals surface area contributed by atoms with Crippen LogP contribution in [0.15, 0.2) is 11.6 Å². The maximum absolute atomic E-state index is 11.3. The molecule has 0 fully saturated rings. The molecule has 0 aromatic carbocycles. The average Bonchev–Trinajstić information content (AvgIpc) is 2.11. The van der Waals surface area contributed by atoms with Crippen molar-refractivity contribution < 1.29 is 14.7 Å². The van der Waals surface area contributed by atoms with Gasteiger partial charge in [-0.1, -0.05) is 25.8 Å². The van der Waals surface area contributed by atoms with Crippen LogP contribution in [0.5, 0.6) is 0 Å². The van der Waals surface area contributed by atoms with E-state index in [1.54, 1.807) is 13.8 Å². The van der Waals surface area contributed by atoms with Gasteiger partial charge in [0.15, 0.2) is 0 Å². The number of carbonyl (C=O) groups excluding carboxylic acids is 1. The maximum Gasteiger partial charge on any atom is 0.326 e. The third-order valence-electron chi connectivity index (χ3n) is 2.20. The summed E-state index contributed by atoms with van der Waals surface area (Å²) in [7, 11) is 0. The molecule has 0 bridgehead atoms. The number of hydrogen-bond donors (Lipinski definition) is 2. The normalized spacial score (nSPS) is 13.9. The van der Waals surface area contributed by atoms with Gasteiger partial charge in [0.1, 0.15) is 6.04 Å². The van der Waals surface area contributed by atoms with E-state index in [0.29, 0.717) is 6.42 Å². The number of aliphatic carboxylic acids is 1. The molecule has 15 heavy (non-hydrogen) atoms. The Bertz CT molecular complexity index is 267. The quantitative estimate of drug-likeness (QED) is 0.681. The Kier molecular flexibility index (Phi) is 5.67. The average molecular weight is 213 g/mol. The molecule has 0 radical (unpaired) electrons. The summed E-state index contributed by atoms with van der Waals surface area (Å²) in [6, 6.07) is -0.807. The van der Waals surface area contributed by atoms with Crippen LogP contribution in [-0.4, -0.2) is 23.0 Å². The molecule has 1 amide bonds. The molecule has 0 aliphatic heterocycles. The molecule has 4 nitrogen and oxygen atoms in total. The molecule has 0 aromatic rings. The molecule has 0 heterocycles. The SMILES string of the molecule is CCC(C)C(NC(=O)C=C(C)C)C(=O)O. The van der Waals surface area contributed by atoms with Gasteiger partial charge in [0.05, 0.1) is 0 Å². The lowest BCUT2D eigenvalue weighted by Crippen LogP contribution is -2.44. The van der Waals surface area contributed by atoms with Crippen molar-refractivity contribution in [2.24, 2.45) is 5.92 Å². The van der Waals surface area contributed by atoms with Crippen LogP contribution in [0.1, 0.15) is 34.1 Å². The minimum Gasteiger partial charge on any atom is -0.480 e. The smallest absolute Gasteiger partial charge is 0.326 e. The lowest BCUT2D eigenvalue weighted by Gasteiger charge is -2.19. The van der Waals surface area contributed by atoms with Crippen molar-refractivity contribution in [3.05, 3.63) is 11.6 Å². The first-order chi connectivity index (χ1) is 6.88. The molecule has 0 aliphatic carbocycles. The Morgan fingerprint density at radius 1 is 1.40 bits per heavy atom. The second kappa shape index (κ2) is 6.22. The van der Waals surface area contributed by atoms with E-state index in [0.717, 1.165) is 5.57 Å². The van der Waals surface area contributed by atoms with Crippen molar-refractivity contribution in [2.45, 2.75) is 40.2 Å². The van der Waals surface area contributed by atoms with E-state index in [9.17, 15) is 9.59 Å². The second-order valence-electron chi connectivity index (χ2n) is 3.93. The standard InChI is InChI=1S/C11H19NO3/c1-5-8(4)10(11(14)15)12-9(13)6-7(2)3/h6,8,10H,5H2,1-4H3,(H,12,13)(H,14,15). The number of hydrogen-bond acceptors (Lipinski definition) is 2. The van der Waals surface area contributed by atoms with E-state index in [2.05, 4.69) is 5.32 Å². The first-order valence-corrected chi connectivity index (χ1v) is 5.06. The van der Waals surface area contributed by atoms with Crippen molar-refractivity contribution in [3.63, 3.8) is 0 Å². The highest BCUT2D eigenvalue weighted by atomic mass is 16.4. The van der Waals surface area contributed by atoms with E-state index >= 15 is 0 Å². The number of amides is 1. The van der Waals surface area contributed by atoms with Crippen molar-refractivity contribution in [2.75, 3.05) is 0 Å². The first kappa shape index (κ1) is 13.7. The molecular formula is C11H19NO3. The van der Waals surface area contributed by atoms with Crippen molar-refractivity contribution in [3.8, 4) is 0 Å². The van der Waals surface area contributed by atoms with Crippen molar-refractivity contribution in [1.29, 1.82) is 0 Å². The van der Waals surface area contributed by atoms with Crippen LogP contribution in [-0.2, 0) is 9.59 Å². The summed E-state index contributed by atoms with van der Waals surface area (Å²) < 4.78 is 0. The van der Waals surface area contributed by atoms with Crippen molar-refractivity contribution >= 4 is 11.9 Å². The Labute approximate surface area is 90.4 Å². The number of carbonyl (C=O) groups is 2. The van der Waals surface area contributed by atoms with Crippen LogP contribution in [0.2, 0.25) is 0 Å². The van der Waals surface area contributed by atoms with E-state index in [1.807, 2.05) is 13.8 Å². The maximum atomic E-state index is 11.3. The zero-order chi connectivity index (χ0) is 12.0. The minimum absolute atomic E-state index is 0.0722. The van der Waals surface area contributed by atoms with Gasteiger partial charge in [-0.15, -0.1) is 0 Å². The number of allylic oxidation sites excluding steroid dienone is 1. The third-order valence-corrected chi connectivity index (χ3v) is 2.20. The van der Waals surface area contributed by atoms with Gasteiger partial charge in [0.2, 0.25) is 5.91 Å². The van der Waals surface area contributed by atoms with Gasteiger partial charge in [-0.2, -0.15) is 0 Å². The minimum atomic E-state index is -0.986. The Hall–Kier alpha value is -1.32. The third kappa shape index (κ3) is 5.20. The number of carboxylic acid groups (broad SMARTS) is 1. The summed E-state index contributed by atoms with van der Waals surface area (Å²) in [5.74, 6) is -1.40. The van der Waals surface area contributed by atoms with Crippen molar-refractivity contribution in [1.82, 2.24) is 5.32 Å². The Morgan fingerprint density at radius 3 is 2.27 bits per heavy atom. The second-order valence-corrected chi connectivity index (χ2v) is 3.93. The summed E-state index contributed by atoms with van der Waals surface area (Å²) in [5.41, 5.74) is 0.848. The van der Waals surface area contributed by atoms with Crippen LogP contribution in [0.3, 0.4) is 0 Å². The highest BCUT2D eigenvalue weighted by Crippen LogP contribution is 2.07. The van der Waals surface area contributed by atoms with Gasteiger partial charge in [-0.3, -0.25) is 4.79 Å². The highest BCUT2D eigenvalue weighted by molar-refractivity contribution is 5.91. The molecule has 0 spiro atoms. The van der Waals surface area contributed by atoms with Gasteiger partial charge in [0.25, 0.3) is 0 Å². The fourth-order valence-corrected chi connectivity index (χ4v) is 1.14. The molecule has 2 unspecified atom stereocenters. The lowest BCUT2D eigenvalue weighted by molar-refractivity contribution is -0.142. The summed E-state index contributed by atoms with van der Waals surface area (Å²) in [5, 5.41) is 11.4. The Balaban J connectivity index is 4.49. The summed E-state index contributed by atoms with van der Waals surface area (Å²) in [6.07, 6.45) is 2.12. The highest BCUT2D eigenvalue weighted by Gasteiger charge is 2.24. The summed E-state index contributed by atoms with van der Waals surface area (Å²) in [4.78, 5) is 22.2. The number of carboxylic acids is 1. The van der Waals surface area contributed by atoms with Crippen LogP contribution < -0.4 is 5.32 Å². The molecule has 0 saturated heterocycles. The molecule has 0 aliphatic rings. The van der Waals surface area contributed by atoms with Crippen LogP contribution in [0.25, 0.3) is 0 Å². The number of nitrogens with one attached hydrogen (secondary N) is 1. The predicted octanol–water partition coefficient (Wildman–Crippen LogP) is 1.57. The van der Waals surface area contributed by atoms with E-state index in [-0.39, 0.29) is 11.8 Å². The van der Waals surface area contributed by atoms with Crippen LogP contribution >= 0.6 is 0 Å². The first-order valence-electron chi connectivity index (χ1n) is 5.06. The van der Waals surface area contributed by atoms with E-state index < -0.39 is 12.0 Å². The van der Waals surface area contributed by atoms with Gasteiger partial charge in [0, 0.05) is 6.08 Å². The van der Waals surface area contributed by atoms with E-state index in [1.165, 1.54) is 6.08 Å².